The molecule has 2 atom stereocenters. The third-order valence-corrected chi connectivity index (χ3v) is 5.45. The van der Waals surface area contributed by atoms with Gasteiger partial charge in [0.25, 0.3) is 0 Å². The van der Waals surface area contributed by atoms with Crippen LogP contribution in [0, 0.1) is 11.8 Å². The molecule has 1 saturated heterocycles. The summed E-state index contributed by atoms with van der Waals surface area (Å²) in [6, 6.07) is 1.38. The van der Waals surface area contributed by atoms with E-state index >= 15 is 0 Å². The lowest BCUT2D eigenvalue weighted by molar-refractivity contribution is 0.205. The molecular formula is C9H17OSi. The van der Waals surface area contributed by atoms with Gasteiger partial charge < -0.3 is 4.43 Å². The van der Waals surface area contributed by atoms with E-state index in [2.05, 4.69) is 20.0 Å². The molecule has 1 saturated carbocycles. The van der Waals surface area contributed by atoms with Gasteiger partial charge in [0.1, 0.15) is 0 Å². The van der Waals surface area contributed by atoms with Crippen LogP contribution in [0.2, 0.25) is 19.1 Å². The molecule has 2 fully saturated rings. The summed E-state index contributed by atoms with van der Waals surface area (Å²) >= 11 is 0. The predicted molar refractivity (Wildman–Crippen MR) is 48.8 cm³/mol. The highest BCUT2D eigenvalue weighted by Crippen LogP contribution is 2.46. The van der Waals surface area contributed by atoms with Gasteiger partial charge in [-0.2, -0.15) is 0 Å². The molecule has 1 unspecified atom stereocenters. The maximum atomic E-state index is 6.06. The molecule has 0 spiro atoms. The second-order valence-corrected chi connectivity index (χ2v) is 8.77. The lowest BCUT2D eigenvalue weighted by Gasteiger charge is -2.16. The van der Waals surface area contributed by atoms with Crippen molar-refractivity contribution in [3.63, 3.8) is 0 Å². The van der Waals surface area contributed by atoms with Crippen molar-refractivity contribution in [1.82, 2.24) is 0 Å². The van der Waals surface area contributed by atoms with E-state index in [0.717, 1.165) is 5.92 Å². The Kier molecular flexibility index (Phi) is 1.65. The van der Waals surface area contributed by atoms with E-state index in [1.165, 1.54) is 18.9 Å². The molecule has 0 N–H and O–H groups in total. The second-order valence-electron chi connectivity index (χ2n) is 4.61. The maximum absolute atomic E-state index is 6.06. The summed E-state index contributed by atoms with van der Waals surface area (Å²) in [6.07, 6.45) is 3.24. The van der Waals surface area contributed by atoms with Crippen LogP contribution in [0.25, 0.3) is 0 Å². The lowest BCUT2D eigenvalue weighted by Crippen LogP contribution is -2.25. The van der Waals surface area contributed by atoms with Crippen molar-refractivity contribution in [2.45, 2.75) is 45.0 Å². The van der Waals surface area contributed by atoms with Crippen molar-refractivity contribution in [1.29, 1.82) is 0 Å². The summed E-state index contributed by atoms with van der Waals surface area (Å²) in [4.78, 5) is 0. The first kappa shape index (κ1) is 7.81. The van der Waals surface area contributed by atoms with Crippen molar-refractivity contribution < 1.29 is 4.43 Å². The van der Waals surface area contributed by atoms with Crippen molar-refractivity contribution in [3.8, 4) is 0 Å². The molecule has 2 rings (SSSR count). The Bertz CT molecular complexity index is 167. The van der Waals surface area contributed by atoms with E-state index in [0.29, 0.717) is 6.10 Å². The van der Waals surface area contributed by atoms with E-state index in [1.807, 2.05) is 0 Å². The Morgan fingerprint density at radius 3 is 2.82 bits per heavy atom. The van der Waals surface area contributed by atoms with E-state index in [4.69, 9.17) is 4.43 Å². The average Bonchev–Trinajstić information content (AvgIpc) is 2.31. The zero-order chi connectivity index (χ0) is 8.06. The number of rotatable bonds is 0. The highest BCUT2D eigenvalue weighted by molar-refractivity contribution is 6.71. The molecule has 0 aromatic carbocycles. The summed E-state index contributed by atoms with van der Waals surface area (Å²) in [5, 5.41) is 0. The van der Waals surface area contributed by atoms with Gasteiger partial charge in [0, 0.05) is 6.10 Å². The minimum Gasteiger partial charge on any atom is -0.414 e. The van der Waals surface area contributed by atoms with Crippen LogP contribution in [0.4, 0.5) is 0 Å². The van der Waals surface area contributed by atoms with Gasteiger partial charge in [-0.25, -0.2) is 0 Å². The quantitative estimate of drug-likeness (QED) is 0.506. The summed E-state index contributed by atoms with van der Waals surface area (Å²) < 4.78 is 6.06. The van der Waals surface area contributed by atoms with Gasteiger partial charge in [-0.3, -0.25) is 0 Å². The largest absolute Gasteiger partial charge is 0.414 e. The third-order valence-electron chi connectivity index (χ3n) is 3.09. The molecule has 1 radical (unpaired) electrons. The van der Waals surface area contributed by atoms with Crippen LogP contribution in [0.1, 0.15) is 19.8 Å². The molecule has 2 heteroatoms. The van der Waals surface area contributed by atoms with Crippen LogP contribution in [0.15, 0.2) is 0 Å². The highest BCUT2D eigenvalue weighted by atomic mass is 28.4. The Balaban J connectivity index is 2.10. The summed E-state index contributed by atoms with van der Waals surface area (Å²) in [7, 11) is -1.20. The molecule has 0 bridgehead atoms. The minimum atomic E-state index is -1.20. The minimum absolute atomic E-state index is 0.622. The van der Waals surface area contributed by atoms with Crippen molar-refractivity contribution in [2.75, 3.05) is 0 Å². The molecular weight excluding hydrogens is 152 g/mol. The van der Waals surface area contributed by atoms with Crippen LogP contribution in [0.3, 0.4) is 0 Å². The number of fused-ring (bicyclic) bond motifs is 1. The monoisotopic (exact) mass is 169 g/mol. The number of hydrogen-bond donors (Lipinski definition) is 0. The fourth-order valence-electron chi connectivity index (χ4n) is 2.51. The fourth-order valence-corrected chi connectivity index (χ4v) is 5.38. The smallest absolute Gasteiger partial charge is 0.187 e. The average molecular weight is 169 g/mol. The Labute approximate surface area is 70.3 Å². The molecule has 1 aliphatic carbocycles. The van der Waals surface area contributed by atoms with Crippen molar-refractivity contribution in [2.24, 2.45) is 5.92 Å². The highest BCUT2D eigenvalue weighted by Gasteiger charge is 2.47. The SMILES string of the molecule is C[C]1CC[C@@H]2O[Si](C)(C)CC12. The third kappa shape index (κ3) is 1.27. The zero-order valence-corrected chi connectivity index (χ0v) is 8.68. The van der Waals surface area contributed by atoms with Gasteiger partial charge in [0.2, 0.25) is 0 Å². The van der Waals surface area contributed by atoms with Crippen LogP contribution in [-0.4, -0.2) is 14.4 Å². The summed E-state index contributed by atoms with van der Waals surface area (Å²) in [5.41, 5.74) is 0. The topological polar surface area (TPSA) is 9.23 Å². The molecule has 1 aliphatic heterocycles. The zero-order valence-electron chi connectivity index (χ0n) is 7.68. The molecule has 1 heterocycles. The Hall–Kier alpha value is 0.177. The Morgan fingerprint density at radius 1 is 1.45 bits per heavy atom. The van der Waals surface area contributed by atoms with Gasteiger partial charge in [-0.1, -0.05) is 6.92 Å². The van der Waals surface area contributed by atoms with Gasteiger partial charge in [0.05, 0.1) is 0 Å². The number of hydrogen-bond acceptors (Lipinski definition) is 1. The van der Waals surface area contributed by atoms with Crippen LogP contribution in [0.5, 0.6) is 0 Å². The second kappa shape index (κ2) is 2.33. The van der Waals surface area contributed by atoms with Crippen LogP contribution < -0.4 is 0 Å². The van der Waals surface area contributed by atoms with E-state index in [-0.39, 0.29) is 0 Å². The molecule has 11 heavy (non-hydrogen) atoms. The standard InChI is InChI=1S/C9H17OSi/c1-7-4-5-9-8(7)6-11(2,3)10-9/h8-9H,4-6H2,1-3H3/t8?,9-/m0/s1. The molecule has 0 amide bonds. The lowest BCUT2D eigenvalue weighted by atomic mass is 9.99. The molecule has 2 aliphatic rings. The van der Waals surface area contributed by atoms with Crippen LogP contribution in [-0.2, 0) is 4.43 Å². The van der Waals surface area contributed by atoms with Gasteiger partial charge in [-0.15, -0.1) is 0 Å². The Morgan fingerprint density at radius 2 is 2.18 bits per heavy atom. The maximum Gasteiger partial charge on any atom is 0.187 e. The van der Waals surface area contributed by atoms with E-state index in [9.17, 15) is 0 Å². The molecule has 0 aromatic rings. The van der Waals surface area contributed by atoms with Gasteiger partial charge in [-0.05, 0) is 43.8 Å². The van der Waals surface area contributed by atoms with Crippen LogP contribution >= 0.6 is 0 Å². The van der Waals surface area contributed by atoms with Gasteiger partial charge in [0.15, 0.2) is 8.32 Å². The summed E-state index contributed by atoms with van der Waals surface area (Å²) in [6.45, 7) is 7.00. The van der Waals surface area contributed by atoms with Crippen molar-refractivity contribution >= 4 is 8.32 Å². The van der Waals surface area contributed by atoms with Gasteiger partial charge >= 0.3 is 0 Å². The summed E-state index contributed by atoms with van der Waals surface area (Å²) in [5.74, 6) is 2.55. The predicted octanol–water partition coefficient (Wildman–Crippen LogP) is 2.59. The normalized spacial score (nSPS) is 42.8. The first-order chi connectivity index (χ1) is 5.08. The molecule has 0 aromatic heterocycles. The van der Waals surface area contributed by atoms with E-state index in [1.54, 1.807) is 5.92 Å². The van der Waals surface area contributed by atoms with Crippen molar-refractivity contribution in [3.05, 3.63) is 5.92 Å². The first-order valence-electron chi connectivity index (χ1n) is 4.59. The fraction of sp³-hybridized carbons (Fsp3) is 0.889. The molecule has 63 valence electrons. The molecule has 1 nitrogen and oxygen atoms in total. The van der Waals surface area contributed by atoms with E-state index < -0.39 is 8.32 Å². The first-order valence-corrected chi connectivity index (χ1v) is 7.70.